The van der Waals surface area contributed by atoms with Crippen molar-refractivity contribution < 1.29 is 9.26 Å². The molecule has 2 aromatic heterocycles. The second kappa shape index (κ2) is 4.75. The summed E-state index contributed by atoms with van der Waals surface area (Å²) in [6.45, 7) is 3.71. The van der Waals surface area contributed by atoms with Gasteiger partial charge < -0.3 is 18.7 Å². The van der Waals surface area contributed by atoms with E-state index in [1.165, 1.54) is 0 Å². The molecule has 0 amide bonds. The molecule has 0 spiro atoms. The summed E-state index contributed by atoms with van der Waals surface area (Å²) in [5.41, 5.74) is 0. The molecule has 19 heavy (non-hydrogen) atoms. The Labute approximate surface area is 111 Å². The standard InChI is InChI=1S/C12H17N5O2/c1-8-6-16(2)7-9(18-8)12-14-10(15-19-12)11-13-4-5-17(11)3/h4-5,8-9H,6-7H2,1-3H3/t8-,9-/m1/s1. The molecule has 102 valence electrons. The monoisotopic (exact) mass is 263 g/mol. The summed E-state index contributed by atoms with van der Waals surface area (Å²) < 4.78 is 13.0. The normalized spacial score (nSPS) is 24.8. The lowest BCUT2D eigenvalue weighted by atomic mass is 10.2. The third-order valence-electron chi connectivity index (χ3n) is 3.18. The Morgan fingerprint density at radius 2 is 2.16 bits per heavy atom. The first kappa shape index (κ1) is 12.3. The summed E-state index contributed by atoms with van der Waals surface area (Å²) in [6.07, 6.45) is 3.54. The highest BCUT2D eigenvalue weighted by Gasteiger charge is 2.29. The predicted octanol–water partition coefficient (Wildman–Crippen LogP) is 0.862. The fourth-order valence-electron chi connectivity index (χ4n) is 2.34. The number of hydrogen-bond donors (Lipinski definition) is 0. The number of nitrogens with zero attached hydrogens (tertiary/aromatic N) is 5. The first-order chi connectivity index (χ1) is 9.13. The summed E-state index contributed by atoms with van der Waals surface area (Å²) in [5.74, 6) is 1.69. The van der Waals surface area contributed by atoms with Crippen LogP contribution in [0.5, 0.6) is 0 Å². The van der Waals surface area contributed by atoms with E-state index in [-0.39, 0.29) is 12.2 Å². The van der Waals surface area contributed by atoms with Crippen molar-refractivity contribution in [2.75, 3.05) is 20.1 Å². The average Bonchev–Trinajstić information content (AvgIpc) is 2.95. The fraction of sp³-hybridized carbons (Fsp3) is 0.583. The lowest BCUT2D eigenvalue weighted by Gasteiger charge is -2.32. The van der Waals surface area contributed by atoms with Crippen LogP contribution in [0.15, 0.2) is 16.9 Å². The minimum absolute atomic E-state index is 0.160. The zero-order valence-electron chi connectivity index (χ0n) is 11.3. The second-order valence-corrected chi connectivity index (χ2v) is 4.97. The maximum Gasteiger partial charge on any atom is 0.257 e. The Kier molecular flexibility index (Phi) is 3.08. The van der Waals surface area contributed by atoms with Gasteiger partial charge in [0.1, 0.15) is 6.10 Å². The molecule has 0 bridgehead atoms. The van der Waals surface area contributed by atoms with Gasteiger partial charge in [0.2, 0.25) is 5.82 Å². The van der Waals surface area contributed by atoms with E-state index in [1.807, 2.05) is 24.7 Å². The molecular weight excluding hydrogens is 246 g/mol. The summed E-state index contributed by atoms with van der Waals surface area (Å²) in [6, 6.07) is 0. The maximum atomic E-state index is 5.84. The van der Waals surface area contributed by atoms with Crippen molar-refractivity contribution in [3.05, 3.63) is 18.3 Å². The molecule has 0 aliphatic carbocycles. The molecule has 1 aliphatic rings. The molecule has 0 saturated carbocycles. The molecule has 0 N–H and O–H groups in total. The predicted molar refractivity (Wildman–Crippen MR) is 67.3 cm³/mol. The van der Waals surface area contributed by atoms with Crippen LogP contribution in [-0.2, 0) is 11.8 Å². The number of likely N-dealkylation sites (N-methyl/N-ethyl adjacent to an activating group) is 1. The van der Waals surface area contributed by atoms with Gasteiger partial charge in [-0.2, -0.15) is 4.98 Å². The third-order valence-corrected chi connectivity index (χ3v) is 3.18. The van der Waals surface area contributed by atoms with Gasteiger partial charge in [-0.3, -0.25) is 0 Å². The van der Waals surface area contributed by atoms with E-state index in [9.17, 15) is 0 Å². The molecule has 1 saturated heterocycles. The van der Waals surface area contributed by atoms with E-state index >= 15 is 0 Å². The Hall–Kier alpha value is -1.73. The second-order valence-electron chi connectivity index (χ2n) is 4.97. The van der Waals surface area contributed by atoms with Gasteiger partial charge in [-0.1, -0.05) is 5.16 Å². The molecule has 7 heteroatoms. The van der Waals surface area contributed by atoms with Gasteiger partial charge in [-0.15, -0.1) is 0 Å². The third kappa shape index (κ3) is 2.39. The molecule has 3 heterocycles. The number of aromatic nitrogens is 4. The summed E-state index contributed by atoms with van der Waals surface area (Å²) in [5, 5.41) is 3.98. The zero-order valence-corrected chi connectivity index (χ0v) is 11.3. The van der Waals surface area contributed by atoms with Crippen LogP contribution in [0.25, 0.3) is 11.6 Å². The Bertz CT molecular complexity index is 554. The van der Waals surface area contributed by atoms with E-state index in [2.05, 4.69) is 27.1 Å². The number of aryl methyl sites for hydroxylation is 1. The van der Waals surface area contributed by atoms with Crippen molar-refractivity contribution in [1.82, 2.24) is 24.6 Å². The van der Waals surface area contributed by atoms with Crippen molar-refractivity contribution in [2.45, 2.75) is 19.1 Å². The molecule has 0 unspecified atom stereocenters. The van der Waals surface area contributed by atoms with Crippen molar-refractivity contribution in [2.24, 2.45) is 7.05 Å². The van der Waals surface area contributed by atoms with Crippen LogP contribution < -0.4 is 0 Å². The van der Waals surface area contributed by atoms with Crippen LogP contribution in [0.1, 0.15) is 18.9 Å². The van der Waals surface area contributed by atoms with Gasteiger partial charge in [0.05, 0.1) is 6.10 Å². The minimum atomic E-state index is -0.171. The number of ether oxygens (including phenoxy) is 1. The van der Waals surface area contributed by atoms with Gasteiger partial charge in [0, 0.05) is 32.5 Å². The van der Waals surface area contributed by atoms with Crippen LogP contribution >= 0.6 is 0 Å². The molecule has 1 aliphatic heterocycles. The van der Waals surface area contributed by atoms with Gasteiger partial charge in [-0.25, -0.2) is 4.98 Å². The molecule has 2 atom stereocenters. The first-order valence-electron chi connectivity index (χ1n) is 6.29. The van der Waals surface area contributed by atoms with Crippen LogP contribution in [0.2, 0.25) is 0 Å². The summed E-state index contributed by atoms with van der Waals surface area (Å²) in [7, 11) is 3.95. The van der Waals surface area contributed by atoms with Crippen LogP contribution in [0, 0.1) is 0 Å². The van der Waals surface area contributed by atoms with Gasteiger partial charge in [0.15, 0.2) is 5.82 Å². The smallest absolute Gasteiger partial charge is 0.257 e. The summed E-state index contributed by atoms with van der Waals surface area (Å²) in [4.78, 5) is 10.8. The Morgan fingerprint density at radius 1 is 1.32 bits per heavy atom. The number of hydrogen-bond acceptors (Lipinski definition) is 6. The fourth-order valence-corrected chi connectivity index (χ4v) is 2.34. The highest BCUT2D eigenvalue weighted by atomic mass is 16.5. The van der Waals surface area contributed by atoms with Crippen molar-refractivity contribution in [3.63, 3.8) is 0 Å². The highest BCUT2D eigenvalue weighted by Crippen LogP contribution is 2.24. The SMILES string of the molecule is C[C@@H]1CN(C)C[C@H](c2nc(-c3nccn3C)no2)O1. The lowest BCUT2D eigenvalue weighted by Crippen LogP contribution is -2.40. The number of rotatable bonds is 2. The summed E-state index contributed by atoms with van der Waals surface area (Å²) >= 11 is 0. The molecule has 1 fully saturated rings. The molecular formula is C12H17N5O2. The van der Waals surface area contributed by atoms with Crippen molar-refractivity contribution >= 4 is 0 Å². The molecule has 2 aromatic rings. The molecule has 3 rings (SSSR count). The van der Waals surface area contributed by atoms with Crippen LogP contribution in [0.3, 0.4) is 0 Å². The van der Waals surface area contributed by atoms with E-state index in [1.54, 1.807) is 6.20 Å². The van der Waals surface area contributed by atoms with Crippen LogP contribution in [-0.4, -0.2) is 50.8 Å². The largest absolute Gasteiger partial charge is 0.363 e. The van der Waals surface area contributed by atoms with Gasteiger partial charge >= 0.3 is 0 Å². The quantitative estimate of drug-likeness (QED) is 0.800. The minimum Gasteiger partial charge on any atom is -0.363 e. The van der Waals surface area contributed by atoms with E-state index < -0.39 is 0 Å². The maximum absolute atomic E-state index is 5.84. The highest BCUT2D eigenvalue weighted by molar-refractivity contribution is 5.42. The van der Waals surface area contributed by atoms with E-state index in [0.717, 1.165) is 13.1 Å². The average molecular weight is 263 g/mol. The van der Waals surface area contributed by atoms with Gasteiger partial charge in [0.25, 0.3) is 5.89 Å². The zero-order chi connectivity index (χ0) is 13.4. The molecule has 7 nitrogen and oxygen atoms in total. The number of imidazole rings is 1. The van der Waals surface area contributed by atoms with Crippen molar-refractivity contribution in [1.29, 1.82) is 0 Å². The van der Waals surface area contributed by atoms with E-state index in [4.69, 9.17) is 9.26 Å². The molecule has 0 aromatic carbocycles. The Balaban J connectivity index is 1.83. The topological polar surface area (TPSA) is 69.2 Å². The molecule has 0 radical (unpaired) electrons. The Morgan fingerprint density at radius 3 is 2.84 bits per heavy atom. The lowest BCUT2D eigenvalue weighted by molar-refractivity contribution is -0.0838. The first-order valence-corrected chi connectivity index (χ1v) is 6.29. The van der Waals surface area contributed by atoms with Gasteiger partial charge in [-0.05, 0) is 14.0 Å². The number of morpholine rings is 1. The van der Waals surface area contributed by atoms with E-state index in [0.29, 0.717) is 17.5 Å². The van der Waals surface area contributed by atoms with Crippen LogP contribution in [0.4, 0.5) is 0 Å². The van der Waals surface area contributed by atoms with Crippen molar-refractivity contribution in [3.8, 4) is 11.6 Å².